The molecule has 0 aliphatic carbocycles. The van der Waals surface area contributed by atoms with Crippen LogP contribution in [-0.2, 0) is 5.54 Å². The molecule has 4 heteroatoms. The van der Waals surface area contributed by atoms with E-state index in [4.69, 9.17) is 0 Å². The summed E-state index contributed by atoms with van der Waals surface area (Å²) in [6.45, 7) is 6.48. The number of benzene rings is 2. The summed E-state index contributed by atoms with van der Waals surface area (Å²) >= 11 is 0. The third-order valence-corrected chi connectivity index (χ3v) is 4.97. The van der Waals surface area contributed by atoms with Crippen molar-refractivity contribution in [3.8, 4) is 0 Å². The van der Waals surface area contributed by atoms with Crippen molar-refractivity contribution in [2.45, 2.75) is 25.8 Å². The number of halogens is 1. The molecule has 0 aromatic heterocycles. The average Bonchev–Trinajstić information content (AvgIpc) is 3.09. The van der Waals surface area contributed by atoms with Crippen molar-refractivity contribution in [2.24, 2.45) is 5.92 Å². The Morgan fingerprint density at radius 3 is 2.68 bits per heavy atom. The number of hydrogen-bond acceptors (Lipinski definition) is 2. The largest absolute Gasteiger partial charge is 0.338 e. The first-order valence-corrected chi connectivity index (χ1v) is 8.81. The fraction of sp³-hybridized carbons (Fsp3) is 0.381. The molecule has 0 bridgehead atoms. The van der Waals surface area contributed by atoms with Crippen molar-refractivity contribution in [3.63, 3.8) is 0 Å². The van der Waals surface area contributed by atoms with E-state index in [-0.39, 0.29) is 17.3 Å². The van der Waals surface area contributed by atoms with Crippen LogP contribution in [0.25, 0.3) is 0 Å². The second-order valence-electron chi connectivity index (χ2n) is 7.29. The topological polar surface area (TPSA) is 32.3 Å². The van der Waals surface area contributed by atoms with Crippen LogP contribution in [0.2, 0.25) is 0 Å². The molecular formula is C21H25FN2O. The Bertz CT molecular complexity index is 730. The van der Waals surface area contributed by atoms with Gasteiger partial charge in [0.2, 0.25) is 0 Å². The minimum atomic E-state index is -0.307. The smallest absolute Gasteiger partial charge is 0.253 e. The molecule has 1 aliphatic rings. The van der Waals surface area contributed by atoms with Gasteiger partial charge in [0.05, 0.1) is 0 Å². The van der Waals surface area contributed by atoms with Crippen molar-refractivity contribution in [2.75, 3.05) is 19.6 Å². The maximum atomic E-state index is 13.5. The molecule has 1 N–H and O–H groups in total. The molecular weight excluding hydrogens is 315 g/mol. The molecule has 1 saturated heterocycles. The Labute approximate surface area is 148 Å². The van der Waals surface area contributed by atoms with E-state index in [9.17, 15) is 9.18 Å². The van der Waals surface area contributed by atoms with Crippen LogP contribution >= 0.6 is 0 Å². The number of carbonyl (C=O) groups is 1. The van der Waals surface area contributed by atoms with Crippen LogP contribution < -0.4 is 5.32 Å². The van der Waals surface area contributed by atoms with Crippen LogP contribution in [0.3, 0.4) is 0 Å². The highest BCUT2D eigenvalue weighted by Crippen LogP contribution is 2.23. The molecule has 1 atom stereocenters. The van der Waals surface area contributed by atoms with Crippen molar-refractivity contribution in [1.82, 2.24) is 10.2 Å². The first-order chi connectivity index (χ1) is 12.0. The standard InChI is InChI=1S/C21H25FN2O/c1-21(2,18-9-6-10-19(22)13-18)23-14-16-11-12-24(15-16)20(25)17-7-4-3-5-8-17/h3-10,13,16,23H,11-12,14-15H2,1-2H3/t16-/m0/s1. The lowest BCUT2D eigenvalue weighted by molar-refractivity contribution is 0.0786. The Hall–Kier alpha value is -2.20. The maximum Gasteiger partial charge on any atom is 0.253 e. The second kappa shape index (κ2) is 7.36. The van der Waals surface area contributed by atoms with Gasteiger partial charge < -0.3 is 10.2 Å². The zero-order valence-electron chi connectivity index (χ0n) is 14.8. The minimum Gasteiger partial charge on any atom is -0.338 e. The average molecular weight is 340 g/mol. The molecule has 0 unspecified atom stereocenters. The molecule has 3 nitrogen and oxygen atoms in total. The predicted molar refractivity (Wildman–Crippen MR) is 97.9 cm³/mol. The molecule has 0 saturated carbocycles. The highest BCUT2D eigenvalue weighted by Gasteiger charge is 2.29. The van der Waals surface area contributed by atoms with Crippen LogP contribution in [0.15, 0.2) is 54.6 Å². The van der Waals surface area contributed by atoms with E-state index in [1.807, 2.05) is 41.3 Å². The molecule has 0 radical (unpaired) electrons. The van der Waals surface area contributed by atoms with Crippen molar-refractivity contribution >= 4 is 5.91 Å². The predicted octanol–water partition coefficient (Wildman–Crippen LogP) is 3.81. The van der Waals surface area contributed by atoms with E-state index in [2.05, 4.69) is 19.2 Å². The van der Waals surface area contributed by atoms with Gasteiger partial charge in [-0.3, -0.25) is 4.79 Å². The normalized spacial score (nSPS) is 17.7. The van der Waals surface area contributed by atoms with E-state index >= 15 is 0 Å². The molecule has 25 heavy (non-hydrogen) atoms. The summed E-state index contributed by atoms with van der Waals surface area (Å²) in [5.41, 5.74) is 1.37. The minimum absolute atomic E-state index is 0.104. The quantitative estimate of drug-likeness (QED) is 0.897. The van der Waals surface area contributed by atoms with E-state index in [0.717, 1.165) is 37.2 Å². The van der Waals surface area contributed by atoms with Crippen molar-refractivity contribution in [3.05, 3.63) is 71.5 Å². The number of likely N-dealkylation sites (tertiary alicyclic amines) is 1. The zero-order valence-corrected chi connectivity index (χ0v) is 14.8. The van der Waals surface area contributed by atoms with Crippen LogP contribution in [-0.4, -0.2) is 30.4 Å². The van der Waals surface area contributed by atoms with Gasteiger partial charge >= 0.3 is 0 Å². The molecule has 132 valence electrons. The van der Waals surface area contributed by atoms with Gasteiger partial charge in [0.25, 0.3) is 5.91 Å². The Morgan fingerprint density at radius 2 is 1.96 bits per heavy atom. The van der Waals surface area contributed by atoms with E-state index in [1.54, 1.807) is 12.1 Å². The Balaban J connectivity index is 1.56. The van der Waals surface area contributed by atoms with Gasteiger partial charge in [-0.1, -0.05) is 30.3 Å². The number of rotatable bonds is 5. The first-order valence-electron chi connectivity index (χ1n) is 8.81. The number of nitrogens with one attached hydrogen (secondary N) is 1. The molecule has 3 rings (SSSR count). The molecule has 2 aromatic rings. The second-order valence-corrected chi connectivity index (χ2v) is 7.29. The molecule has 0 spiro atoms. The molecule has 1 fully saturated rings. The number of carbonyl (C=O) groups excluding carboxylic acids is 1. The summed E-state index contributed by atoms with van der Waals surface area (Å²) in [5.74, 6) is 0.306. The summed E-state index contributed by atoms with van der Waals surface area (Å²) < 4.78 is 13.5. The number of amides is 1. The SMILES string of the molecule is CC(C)(NC[C@@H]1CCN(C(=O)c2ccccc2)C1)c1cccc(F)c1. The third-order valence-electron chi connectivity index (χ3n) is 4.97. The fourth-order valence-corrected chi connectivity index (χ4v) is 3.33. The van der Waals surface area contributed by atoms with Crippen LogP contribution in [0.4, 0.5) is 4.39 Å². The van der Waals surface area contributed by atoms with Crippen molar-refractivity contribution in [1.29, 1.82) is 0 Å². The van der Waals surface area contributed by atoms with Gasteiger partial charge in [-0.05, 0) is 56.0 Å². The van der Waals surface area contributed by atoms with E-state index in [0.29, 0.717) is 5.92 Å². The lowest BCUT2D eigenvalue weighted by Gasteiger charge is -2.29. The molecule has 1 amide bonds. The highest BCUT2D eigenvalue weighted by atomic mass is 19.1. The first kappa shape index (κ1) is 17.6. The van der Waals surface area contributed by atoms with Gasteiger partial charge in [0.1, 0.15) is 5.82 Å². The lowest BCUT2D eigenvalue weighted by atomic mass is 9.93. The molecule has 1 aliphatic heterocycles. The number of hydrogen-bond donors (Lipinski definition) is 1. The summed E-state index contributed by atoms with van der Waals surface area (Å²) in [6, 6.07) is 16.1. The van der Waals surface area contributed by atoms with E-state index in [1.165, 1.54) is 6.07 Å². The van der Waals surface area contributed by atoms with Crippen LogP contribution in [0.1, 0.15) is 36.2 Å². The summed E-state index contributed by atoms with van der Waals surface area (Å²) in [5, 5.41) is 3.54. The highest BCUT2D eigenvalue weighted by molar-refractivity contribution is 5.94. The summed E-state index contributed by atoms with van der Waals surface area (Å²) in [7, 11) is 0. The maximum absolute atomic E-state index is 13.5. The van der Waals surface area contributed by atoms with E-state index < -0.39 is 0 Å². The van der Waals surface area contributed by atoms with Gasteiger partial charge in [0.15, 0.2) is 0 Å². The fourth-order valence-electron chi connectivity index (χ4n) is 3.33. The third kappa shape index (κ3) is 4.26. The lowest BCUT2D eigenvalue weighted by Crippen LogP contribution is -2.40. The van der Waals surface area contributed by atoms with Crippen LogP contribution in [0.5, 0.6) is 0 Å². The van der Waals surface area contributed by atoms with Crippen molar-refractivity contribution < 1.29 is 9.18 Å². The van der Waals surface area contributed by atoms with Crippen LogP contribution in [0, 0.1) is 11.7 Å². The zero-order chi connectivity index (χ0) is 17.9. The van der Waals surface area contributed by atoms with Gasteiger partial charge in [-0.15, -0.1) is 0 Å². The molecule has 1 heterocycles. The van der Waals surface area contributed by atoms with Gasteiger partial charge in [-0.25, -0.2) is 4.39 Å². The van der Waals surface area contributed by atoms with Gasteiger partial charge in [-0.2, -0.15) is 0 Å². The monoisotopic (exact) mass is 340 g/mol. The molecule has 2 aromatic carbocycles. The number of nitrogens with zero attached hydrogens (tertiary/aromatic N) is 1. The summed E-state index contributed by atoms with van der Waals surface area (Å²) in [4.78, 5) is 14.4. The Morgan fingerprint density at radius 1 is 1.20 bits per heavy atom. The van der Waals surface area contributed by atoms with Gasteiger partial charge in [0, 0.05) is 30.7 Å². The summed E-state index contributed by atoms with van der Waals surface area (Å²) in [6.07, 6.45) is 0.991. The Kier molecular flexibility index (Phi) is 5.19.